The fraction of sp³-hybridized carbons (Fsp3) is 0.0800. The largest absolute Gasteiger partial charge is 0.414 e. The number of rotatable bonds is 3. The minimum atomic E-state index is -2.05. The van der Waals surface area contributed by atoms with E-state index in [2.05, 4.69) is 21.2 Å². The van der Waals surface area contributed by atoms with Crippen LogP contribution in [0, 0.1) is 18.2 Å². The number of aromatic amines is 1. The number of nitrogens with zero attached hydrogens (tertiary/aromatic N) is 2. The van der Waals surface area contributed by atoms with Crippen LogP contribution in [0.15, 0.2) is 60.7 Å². The van der Waals surface area contributed by atoms with Gasteiger partial charge in [0.05, 0.1) is 22.3 Å². The van der Waals surface area contributed by atoms with E-state index in [9.17, 15) is 14.7 Å². The third kappa shape index (κ3) is 3.01. The highest BCUT2D eigenvalue weighted by molar-refractivity contribution is 6.12. The molecule has 0 saturated carbocycles. The Labute approximate surface area is 193 Å². The molecule has 5 rings (SSSR count). The number of benzene rings is 3. The van der Waals surface area contributed by atoms with Crippen LogP contribution >= 0.6 is 0 Å². The van der Waals surface area contributed by atoms with Crippen molar-refractivity contribution in [3.05, 3.63) is 88.7 Å². The standard InChI is InChI=1S/C25H17FN4O4/c1-3-14-7-6-10-20(21(14)26)30-22(31)16-8-4-5-9-17(16)25(30,33)15-11-12-18-19(13-15)29-23(28-18)34-24(32)27-2/h1,4-13,33H,2H3,(H,27,32)(H,28,29). The second-order valence-corrected chi connectivity index (χ2v) is 7.55. The van der Waals surface area contributed by atoms with Gasteiger partial charge in [0.25, 0.3) is 5.91 Å². The van der Waals surface area contributed by atoms with Crippen molar-refractivity contribution < 1.29 is 23.8 Å². The number of H-pyrrole nitrogens is 1. The van der Waals surface area contributed by atoms with E-state index < -0.39 is 23.5 Å². The molecule has 9 heteroatoms. The number of nitrogens with one attached hydrogen (secondary N) is 2. The quantitative estimate of drug-likeness (QED) is 0.410. The average molecular weight is 456 g/mol. The molecular weight excluding hydrogens is 439 g/mol. The number of aromatic nitrogens is 2. The molecule has 8 nitrogen and oxygen atoms in total. The van der Waals surface area contributed by atoms with E-state index in [0.717, 1.165) is 4.90 Å². The maximum Gasteiger partial charge on any atom is 0.414 e. The summed E-state index contributed by atoms with van der Waals surface area (Å²) in [6, 6.07) is 15.5. The van der Waals surface area contributed by atoms with Crippen LogP contribution < -0.4 is 15.0 Å². The Bertz CT molecular complexity index is 1520. The zero-order valence-electron chi connectivity index (χ0n) is 17.8. The number of anilines is 1. The molecule has 1 atom stereocenters. The third-order valence-electron chi connectivity index (χ3n) is 5.69. The Hall–Kier alpha value is -4.68. The van der Waals surface area contributed by atoms with Crippen molar-refractivity contribution in [2.45, 2.75) is 5.72 Å². The fourth-order valence-corrected chi connectivity index (χ4v) is 4.12. The van der Waals surface area contributed by atoms with E-state index in [1.807, 2.05) is 0 Å². The van der Waals surface area contributed by atoms with Crippen molar-refractivity contribution in [2.24, 2.45) is 0 Å². The lowest BCUT2D eigenvalue weighted by atomic mass is 9.93. The Morgan fingerprint density at radius 1 is 1.24 bits per heavy atom. The van der Waals surface area contributed by atoms with Crippen LogP contribution in [0.4, 0.5) is 14.9 Å². The molecule has 2 heterocycles. The molecular formula is C25H17FN4O4. The molecule has 4 aromatic rings. The van der Waals surface area contributed by atoms with Gasteiger partial charge in [-0.05, 0) is 30.3 Å². The predicted molar refractivity (Wildman–Crippen MR) is 122 cm³/mol. The summed E-state index contributed by atoms with van der Waals surface area (Å²) in [5, 5.41) is 14.4. The number of terminal acetylenes is 1. The van der Waals surface area contributed by atoms with Gasteiger partial charge in [-0.3, -0.25) is 9.69 Å². The van der Waals surface area contributed by atoms with Crippen LogP contribution in [0.1, 0.15) is 27.0 Å². The van der Waals surface area contributed by atoms with Gasteiger partial charge in [0.2, 0.25) is 0 Å². The molecule has 2 amide bonds. The summed E-state index contributed by atoms with van der Waals surface area (Å²) in [5.74, 6) is 0.874. The molecule has 1 unspecified atom stereocenters. The number of halogens is 1. The summed E-state index contributed by atoms with van der Waals surface area (Å²) in [6.45, 7) is 0. The lowest BCUT2D eigenvalue weighted by Crippen LogP contribution is -2.45. The number of aliphatic hydroxyl groups is 1. The van der Waals surface area contributed by atoms with E-state index in [1.54, 1.807) is 42.5 Å². The van der Waals surface area contributed by atoms with E-state index >= 15 is 4.39 Å². The molecule has 0 saturated heterocycles. The number of carbonyl (C=O) groups is 2. The molecule has 168 valence electrons. The fourth-order valence-electron chi connectivity index (χ4n) is 4.12. The lowest BCUT2D eigenvalue weighted by molar-refractivity contribution is 0.0699. The molecule has 1 aromatic heterocycles. The highest BCUT2D eigenvalue weighted by Gasteiger charge is 2.51. The minimum absolute atomic E-state index is 0.0383. The number of hydrogen-bond acceptors (Lipinski definition) is 5. The topological polar surface area (TPSA) is 108 Å². The molecule has 1 aliphatic rings. The van der Waals surface area contributed by atoms with Gasteiger partial charge in [-0.15, -0.1) is 6.42 Å². The van der Waals surface area contributed by atoms with Gasteiger partial charge >= 0.3 is 12.1 Å². The van der Waals surface area contributed by atoms with Crippen molar-refractivity contribution in [3.8, 4) is 18.4 Å². The Morgan fingerprint density at radius 3 is 2.79 bits per heavy atom. The van der Waals surface area contributed by atoms with Gasteiger partial charge in [-0.25, -0.2) is 9.18 Å². The van der Waals surface area contributed by atoms with E-state index in [1.165, 1.54) is 25.2 Å². The highest BCUT2D eigenvalue weighted by Crippen LogP contribution is 2.46. The van der Waals surface area contributed by atoms with Crippen LogP contribution in [0.25, 0.3) is 11.0 Å². The second kappa shape index (κ2) is 7.72. The van der Waals surface area contributed by atoms with Crippen molar-refractivity contribution in [2.75, 3.05) is 11.9 Å². The first kappa shape index (κ1) is 21.2. The number of imidazole rings is 1. The first-order chi connectivity index (χ1) is 16.4. The van der Waals surface area contributed by atoms with Gasteiger partial charge in [-0.1, -0.05) is 36.3 Å². The summed E-state index contributed by atoms with van der Waals surface area (Å²) >= 11 is 0. The Balaban J connectivity index is 1.71. The third-order valence-corrected chi connectivity index (χ3v) is 5.69. The van der Waals surface area contributed by atoms with Crippen LogP contribution in [0.2, 0.25) is 0 Å². The van der Waals surface area contributed by atoms with Crippen LogP contribution in [-0.4, -0.2) is 34.1 Å². The van der Waals surface area contributed by atoms with Gasteiger partial charge in [-0.2, -0.15) is 4.98 Å². The van der Waals surface area contributed by atoms with Crippen molar-refractivity contribution in [1.82, 2.24) is 15.3 Å². The molecule has 1 aliphatic heterocycles. The van der Waals surface area contributed by atoms with Gasteiger partial charge in [0, 0.05) is 23.7 Å². The van der Waals surface area contributed by atoms with E-state index in [4.69, 9.17) is 11.2 Å². The van der Waals surface area contributed by atoms with Gasteiger partial charge in [0.1, 0.15) is 0 Å². The molecule has 0 radical (unpaired) electrons. The number of ether oxygens (including phenoxy) is 1. The van der Waals surface area contributed by atoms with Crippen LogP contribution in [-0.2, 0) is 5.72 Å². The Morgan fingerprint density at radius 2 is 2.03 bits per heavy atom. The average Bonchev–Trinajstić information content (AvgIpc) is 3.35. The summed E-state index contributed by atoms with van der Waals surface area (Å²) in [7, 11) is 1.41. The monoisotopic (exact) mass is 456 g/mol. The molecule has 0 aliphatic carbocycles. The number of carbonyl (C=O) groups excluding carboxylic acids is 2. The number of fused-ring (bicyclic) bond motifs is 2. The smallest absolute Gasteiger partial charge is 0.375 e. The zero-order valence-corrected chi connectivity index (χ0v) is 17.8. The molecule has 0 fully saturated rings. The van der Waals surface area contributed by atoms with Crippen LogP contribution in [0.3, 0.4) is 0 Å². The molecule has 3 aromatic carbocycles. The maximum atomic E-state index is 15.3. The number of hydrogen-bond donors (Lipinski definition) is 3. The van der Waals surface area contributed by atoms with Crippen LogP contribution in [0.5, 0.6) is 6.01 Å². The van der Waals surface area contributed by atoms with Crippen molar-refractivity contribution in [3.63, 3.8) is 0 Å². The molecule has 0 spiro atoms. The number of amides is 2. The summed E-state index contributed by atoms with van der Waals surface area (Å²) in [4.78, 5) is 33.0. The summed E-state index contributed by atoms with van der Waals surface area (Å²) in [5.41, 5.74) is -0.594. The summed E-state index contributed by atoms with van der Waals surface area (Å²) < 4.78 is 20.3. The van der Waals surface area contributed by atoms with Crippen molar-refractivity contribution >= 4 is 28.7 Å². The zero-order chi connectivity index (χ0) is 24.0. The van der Waals surface area contributed by atoms with Gasteiger partial charge < -0.3 is 20.1 Å². The minimum Gasteiger partial charge on any atom is -0.375 e. The predicted octanol–water partition coefficient (Wildman–Crippen LogP) is 3.26. The normalized spacial score (nSPS) is 16.9. The molecule has 3 N–H and O–H groups in total. The van der Waals surface area contributed by atoms with E-state index in [-0.39, 0.29) is 34.0 Å². The maximum absolute atomic E-state index is 15.3. The highest BCUT2D eigenvalue weighted by atomic mass is 19.1. The Kier molecular flexibility index (Phi) is 4.81. The SMILES string of the molecule is C#Cc1cccc(N2C(=O)c3ccccc3C2(O)c2ccc3nc(OC(=O)NC)[nH]c3c2)c1F. The molecule has 34 heavy (non-hydrogen) atoms. The molecule has 0 bridgehead atoms. The lowest BCUT2D eigenvalue weighted by Gasteiger charge is -2.35. The van der Waals surface area contributed by atoms with E-state index in [0.29, 0.717) is 11.0 Å². The van der Waals surface area contributed by atoms with Crippen molar-refractivity contribution in [1.29, 1.82) is 0 Å². The van der Waals surface area contributed by atoms with Gasteiger partial charge in [0.15, 0.2) is 11.5 Å². The first-order valence-electron chi connectivity index (χ1n) is 10.2. The first-order valence-corrected chi connectivity index (χ1v) is 10.2. The summed E-state index contributed by atoms with van der Waals surface area (Å²) in [6.07, 6.45) is 4.71. The second-order valence-electron chi connectivity index (χ2n) is 7.55.